The fourth-order valence-corrected chi connectivity index (χ4v) is 3.01. The summed E-state index contributed by atoms with van der Waals surface area (Å²) in [6.45, 7) is 0.337. The number of thiophene rings is 1. The predicted octanol–water partition coefficient (Wildman–Crippen LogP) is 3.13. The predicted molar refractivity (Wildman–Crippen MR) is 86.0 cm³/mol. The highest BCUT2D eigenvalue weighted by Gasteiger charge is 2.14. The maximum Gasteiger partial charge on any atom is 0.373 e. The summed E-state index contributed by atoms with van der Waals surface area (Å²) in [5, 5.41) is 13.0. The molecule has 1 amide bonds. The molecule has 116 valence electrons. The van der Waals surface area contributed by atoms with Crippen LogP contribution in [0, 0.1) is 0 Å². The largest absolute Gasteiger partial charge is 0.502 e. The molecule has 0 aliphatic heterocycles. The summed E-state index contributed by atoms with van der Waals surface area (Å²) in [7, 11) is 2.71. The molecule has 5 nitrogen and oxygen atoms in total. The monoisotopic (exact) mass is 339 g/mol. The molecule has 7 heteroatoms. The van der Waals surface area contributed by atoms with Crippen LogP contribution in [0.15, 0.2) is 35.4 Å². The van der Waals surface area contributed by atoms with Crippen molar-refractivity contribution in [2.75, 3.05) is 14.2 Å². The maximum absolute atomic E-state index is 12.0. The Balaban J connectivity index is 2.17. The third kappa shape index (κ3) is 3.58. The number of aliphatic hydroxyl groups excluding tert-OH is 1. The molecule has 1 aromatic heterocycles. The number of rotatable bonds is 4. The van der Waals surface area contributed by atoms with Crippen LogP contribution in [0.5, 0.6) is 0 Å². The van der Waals surface area contributed by atoms with Gasteiger partial charge in [-0.05, 0) is 34.5 Å². The van der Waals surface area contributed by atoms with Crippen LogP contribution in [0.25, 0.3) is 10.1 Å². The van der Waals surface area contributed by atoms with E-state index in [0.29, 0.717) is 11.6 Å². The number of halogens is 1. The zero-order valence-corrected chi connectivity index (χ0v) is 13.6. The Hall–Kier alpha value is -2.05. The molecular formula is C15H14ClNO4S. The second kappa shape index (κ2) is 6.81. The van der Waals surface area contributed by atoms with Crippen LogP contribution in [-0.4, -0.2) is 36.0 Å². The highest BCUT2D eigenvalue weighted by molar-refractivity contribution is 7.17. The van der Waals surface area contributed by atoms with Gasteiger partial charge in [0.1, 0.15) is 0 Å². The molecule has 2 rings (SSSR count). The minimum Gasteiger partial charge on any atom is -0.502 e. The van der Waals surface area contributed by atoms with Crippen LogP contribution in [0.2, 0.25) is 5.02 Å². The maximum atomic E-state index is 12.0. The number of amides is 1. The second-order valence-electron chi connectivity index (χ2n) is 4.62. The fourth-order valence-electron chi connectivity index (χ4n) is 1.90. The van der Waals surface area contributed by atoms with E-state index in [-0.39, 0.29) is 0 Å². The number of nitrogens with zero attached hydrogens (tertiary/aromatic N) is 1. The van der Waals surface area contributed by atoms with E-state index in [1.807, 2.05) is 23.6 Å². The molecular weight excluding hydrogens is 326 g/mol. The number of fused-ring (bicyclic) bond motifs is 1. The number of aliphatic hydroxyl groups is 1. The summed E-state index contributed by atoms with van der Waals surface area (Å²) < 4.78 is 5.41. The Morgan fingerprint density at radius 3 is 2.86 bits per heavy atom. The van der Waals surface area contributed by atoms with Crippen LogP contribution >= 0.6 is 22.9 Å². The van der Waals surface area contributed by atoms with Crippen LogP contribution in [0.4, 0.5) is 0 Å². The van der Waals surface area contributed by atoms with Gasteiger partial charge in [-0.2, -0.15) is 0 Å². The van der Waals surface area contributed by atoms with Crippen molar-refractivity contribution in [3.63, 3.8) is 0 Å². The minimum absolute atomic E-state index is 0.337. The van der Waals surface area contributed by atoms with Crippen molar-refractivity contribution in [2.24, 2.45) is 0 Å². The normalized spacial score (nSPS) is 11.5. The first-order valence-corrected chi connectivity index (χ1v) is 7.58. The van der Waals surface area contributed by atoms with Crippen molar-refractivity contribution in [3.8, 4) is 0 Å². The molecule has 0 aliphatic rings. The summed E-state index contributed by atoms with van der Waals surface area (Å²) in [6.07, 6.45) is 0.841. The number of esters is 1. The van der Waals surface area contributed by atoms with Gasteiger partial charge >= 0.3 is 5.97 Å². The molecule has 1 heterocycles. The van der Waals surface area contributed by atoms with Gasteiger partial charge in [0.25, 0.3) is 5.91 Å². The number of carbonyl (C=O) groups is 2. The topological polar surface area (TPSA) is 66.8 Å². The van der Waals surface area contributed by atoms with Crippen LogP contribution in [0.3, 0.4) is 0 Å². The fraction of sp³-hybridized carbons (Fsp3) is 0.200. The molecule has 22 heavy (non-hydrogen) atoms. The number of hydrogen-bond donors (Lipinski definition) is 1. The standard InChI is InChI=1S/C15H14ClNO4S/c1-17(14(19)6-12(18)15(20)21-2)7-9-8-22-13-4-3-10(16)5-11(9)13/h3-6,8,18H,7H2,1-2H3. The third-order valence-electron chi connectivity index (χ3n) is 3.05. The lowest BCUT2D eigenvalue weighted by molar-refractivity contribution is -0.139. The number of carbonyl (C=O) groups excluding carboxylic acids is 2. The summed E-state index contributed by atoms with van der Waals surface area (Å²) in [4.78, 5) is 24.4. The van der Waals surface area contributed by atoms with Gasteiger partial charge in [0, 0.05) is 23.3 Å². The van der Waals surface area contributed by atoms with Gasteiger partial charge in [-0.25, -0.2) is 4.79 Å². The van der Waals surface area contributed by atoms with E-state index in [0.717, 1.165) is 28.8 Å². The van der Waals surface area contributed by atoms with E-state index in [1.54, 1.807) is 18.4 Å². The van der Waals surface area contributed by atoms with E-state index < -0.39 is 17.6 Å². The Labute approximate surface area is 136 Å². The first-order chi connectivity index (χ1) is 10.4. The first kappa shape index (κ1) is 16.3. The van der Waals surface area contributed by atoms with Gasteiger partial charge in [0.05, 0.1) is 13.2 Å². The molecule has 0 saturated carbocycles. The molecule has 0 bridgehead atoms. The van der Waals surface area contributed by atoms with Gasteiger partial charge in [0.2, 0.25) is 5.76 Å². The smallest absolute Gasteiger partial charge is 0.373 e. The number of methoxy groups -OCH3 is 1. The summed E-state index contributed by atoms with van der Waals surface area (Å²) in [5.74, 6) is -2.17. The number of benzene rings is 1. The van der Waals surface area contributed by atoms with Crippen molar-refractivity contribution < 1.29 is 19.4 Å². The summed E-state index contributed by atoms with van der Waals surface area (Å²) in [6, 6.07) is 5.59. The Kier molecular flexibility index (Phi) is 5.05. The van der Waals surface area contributed by atoms with Crippen LogP contribution in [0.1, 0.15) is 5.56 Å². The van der Waals surface area contributed by atoms with Crippen molar-refractivity contribution in [1.82, 2.24) is 4.90 Å². The van der Waals surface area contributed by atoms with E-state index in [2.05, 4.69) is 4.74 Å². The molecule has 0 unspecified atom stereocenters. The van der Waals surface area contributed by atoms with Gasteiger partial charge in [-0.1, -0.05) is 11.6 Å². The quantitative estimate of drug-likeness (QED) is 0.528. The molecule has 1 aromatic carbocycles. The van der Waals surface area contributed by atoms with Gasteiger partial charge in [-0.15, -0.1) is 11.3 Å². The molecule has 0 aliphatic carbocycles. The highest BCUT2D eigenvalue weighted by Crippen LogP contribution is 2.29. The molecule has 0 fully saturated rings. The first-order valence-electron chi connectivity index (χ1n) is 6.32. The zero-order chi connectivity index (χ0) is 16.3. The van der Waals surface area contributed by atoms with E-state index >= 15 is 0 Å². The van der Waals surface area contributed by atoms with Crippen LogP contribution in [-0.2, 0) is 20.9 Å². The molecule has 0 spiro atoms. The van der Waals surface area contributed by atoms with E-state index in [4.69, 9.17) is 11.6 Å². The van der Waals surface area contributed by atoms with Gasteiger partial charge < -0.3 is 14.7 Å². The lowest BCUT2D eigenvalue weighted by atomic mass is 10.1. The zero-order valence-electron chi connectivity index (χ0n) is 12.0. The average Bonchev–Trinajstić information content (AvgIpc) is 2.88. The SMILES string of the molecule is COC(=O)C(O)=CC(=O)N(C)Cc1csc2ccc(Cl)cc12. The molecule has 2 aromatic rings. The van der Waals surface area contributed by atoms with Crippen molar-refractivity contribution >= 4 is 44.9 Å². The number of likely N-dealkylation sites (N-methyl/N-ethyl adjacent to an activating group) is 1. The Morgan fingerprint density at radius 1 is 1.45 bits per heavy atom. The third-order valence-corrected chi connectivity index (χ3v) is 4.30. The lowest BCUT2D eigenvalue weighted by Crippen LogP contribution is -2.25. The van der Waals surface area contributed by atoms with E-state index in [9.17, 15) is 14.7 Å². The van der Waals surface area contributed by atoms with Gasteiger partial charge in [-0.3, -0.25) is 4.79 Å². The minimum atomic E-state index is -0.950. The summed E-state index contributed by atoms with van der Waals surface area (Å²) in [5.41, 5.74) is 0.948. The van der Waals surface area contributed by atoms with Crippen LogP contribution < -0.4 is 0 Å². The van der Waals surface area contributed by atoms with Gasteiger partial charge in [0.15, 0.2) is 0 Å². The van der Waals surface area contributed by atoms with Crippen molar-refractivity contribution in [3.05, 3.63) is 46.0 Å². The molecule has 1 N–H and O–H groups in total. The number of hydrogen-bond acceptors (Lipinski definition) is 5. The Bertz CT molecular complexity index is 753. The average molecular weight is 340 g/mol. The lowest BCUT2D eigenvalue weighted by Gasteiger charge is -2.14. The second-order valence-corrected chi connectivity index (χ2v) is 5.96. The number of ether oxygens (including phenoxy) is 1. The molecule has 0 radical (unpaired) electrons. The highest BCUT2D eigenvalue weighted by atomic mass is 35.5. The molecule has 0 atom stereocenters. The Morgan fingerprint density at radius 2 is 2.18 bits per heavy atom. The van der Waals surface area contributed by atoms with Crippen molar-refractivity contribution in [2.45, 2.75) is 6.54 Å². The summed E-state index contributed by atoms with van der Waals surface area (Å²) >= 11 is 7.56. The van der Waals surface area contributed by atoms with Crippen molar-refractivity contribution in [1.29, 1.82) is 0 Å². The molecule has 0 saturated heterocycles. The van der Waals surface area contributed by atoms with E-state index in [1.165, 1.54) is 4.90 Å².